The molecule has 0 spiro atoms. The van der Waals surface area contributed by atoms with Gasteiger partial charge in [0.05, 0.1) is 0 Å². The van der Waals surface area contributed by atoms with Crippen LogP contribution in [0.2, 0.25) is 0 Å². The predicted molar refractivity (Wildman–Crippen MR) is 42.7 cm³/mol. The van der Waals surface area contributed by atoms with Crippen LogP contribution in [0.15, 0.2) is 0 Å². The lowest BCUT2D eigenvalue weighted by atomic mass is 9.63. The lowest BCUT2D eigenvalue weighted by Gasteiger charge is -2.42. The molecule has 2 aliphatic carbocycles. The maximum absolute atomic E-state index is 5.84. The normalized spacial score (nSPS) is 42.6. The molecule has 2 aliphatic rings. The Morgan fingerprint density at radius 1 is 1.50 bits per heavy atom. The molecule has 2 atom stereocenters. The molecule has 1 heteroatoms. The van der Waals surface area contributed by atoms with E-state index in [0.717, 1.165) is 11.3 Å². The molecule has 58 valence electrons. The minimum absolute atomic E-state index is 0.570. The van der Waals surface area contributed by atoms with E-state index in [2.05, 4.69) is 6.92 Å². The minimum Gasteiger partial charge on any atom is -0.327 e. The molecule has 0 aromatic heterocycles. The Morgan fingerprint density at radius 2 is 2.10 bits per heavy atom. The predicted octanol–water partition coefficient (Wildman–Crippen LogP) is 1.91. The van der Waals surface area contributed by atoms with Crippen LogP contribution in [-0.4, -0.2) is 6.04 Å². The van der Waals surface area contributed by atoms with Crippen LogP contribution in [0.4, 0.5) is 0 Å². The van der Waals surface area contributed by atoms with Gasteiger partial charge >= 0.3 is 0 Å². The van der Waals surface area contributed by atoms with Crippen LogP contribution in [0, 0.1) is 11.3 Å². The Hall–Kier alpha value is -0.0400. The third kappa shape index (κ3) is 0.731. The lowest BCUT2D eigenvalue weighted by Crippen LogP contribution is -2.33. The van der Waals surface area contributed by atoms with Gasteiger partial charge in [0, 0.05) is 6.04 Å². The van der Waals surface area contributed by atoms with Crippen molar-refractivity contribution in [1.29, 1.82) is 0 Å². The maximum Gasteiger partial charge on any atom is 0.00764 e. The third-order valence-corrected chi connectivity index (χ3v) is 3.68. The summed E-state index contributed by atoms with van der Waals surface area (Å²) in [7, 11) is 0. The summed E-state index contributed by atoms with van der Waals surface area (Å²) in [6, 6.07) is 0.570. The fraction of sp³-hybridized carbons (Fsp3) is 1.00. The summed E-state index contributed by atoms with van der Waals surface area (Å²) >= 11 is 0. The lowest BCUT2D eigenvalue weighted by molar-refractivity contribution is 0.0927. The van der Waals surface area contributed by atoms with Crippen molar-refractivity contribution in [3.63, 3.8) is 0 Å². The van der Waals surface area contributed by atoms with E-state index in [4.69, 9.17) is 5.73 Å². The zero-order chi connectivity index (χ0) is 7.19. The standard InChI is InChI=1S/C9H17N/c1-2-9(4-3-5-9)7-6-8(7)10/h7-8H,2-6,10H2,1H3/t7-,8-/m1/s1. The van der Waals surface area contributed by atoms with Crippen molar-refractivity contribution >= 4 is 0 Å². The Morgan fingerprint density at radius 3 is 2.20 bits per heavy atom. The number of hydrogen-bond acceptors (Lipinski definition) is 1. The van der Waals surface area contributed by atoms with Gasteiger partial charge in [0.15, 0.2) is 0 Å². The Balaban J connectivity index is 1.99. The summed E-state index contributed by atoms with van der Waals surface area (Å²) in [6.07, 6.45) is 7.06. The van der Waals surface area contributed by atoms with E-state index in [1.165, 1.54) is 32.1 Å². The minimum atomic E-state index is 0.570. The van der Waals surface area contributed by atoms with Crippen LogP contribution >= 0.6 is 0 Å². The highest BCUT2D eigenvalue weighted by Crippen LogP contribution is 2.58. The van der Waals surface area contributed by atoms with Crippen molar-refractivity contribution in [2.75, 3.05) is 0 Å². The second-order valence-corrected chi connectivity index (χ2v) is 4.08. The molecule has 0 amide bonds. The number of hydrogen-bond donors (Lipinski definition) is 1. The molecular formula is C9H17N. The molecule has 0 unspecified atom stereocenters. The molecule has 0 aromatic carbocycles. The van der Waals surface area contributed by atoms with Gasteiger partial charge in [-0.05, 0) is 30.6 Å². The summed E-state index contributed by atoms with van der Waals surface area (Å²) in [4.78, 5) is 0. The summed E-state index contributed by atoms with van der Waals surface area (Å²) in [6.45, 7) is 2.32. The molecule has 0 aliphatic heterocycles. The molecule has 2 saturated carbocycles. The molecule has 0 saturated heterocycles. The second kappa shape index (κ2) is 1.97. The summed E-state index contributed by atoms with van der Waals surface area (Å²) in [5.74, 6) is 0.909. The Bertz CT molecular complexity index is 132. The first-order chi connectivity index (χ1) is 4.78. The van der Waals surface area contributed by atoms with Crippen LogP contribution in [0.5, 0.6) is 0 Å². The molecule has 1 nitrogen and oxygen atoms in total. The Kier molecular flexibility index (Phi) is 1.31. The van der Waals surface area contributed by atoms with Gasteiger partial charge < -0.3 is 5.73 Å². The number of nitrogens with two attached hydrogens (primary N) is 1. The van der Waals surface area contributed by atoms with Gasteiger partial charge in [0.1, 0.15) is 0 Å². The van der Waals surface area contributed by atoms with Crippen LogP contribution in [0.1, 0.15) is 39.0 Å². The summed E-state index contributed by atoms with van der Waals surface area (Å²) < 4.78 is 0. The zero-order valence-electron chi connectivity index (χ0n) is 6.77. The van der Waals surface area contributed by atoms with E-state index in [1.54, 1.807) is 0 Å². The monoisotopic (exact) mass is 139 g/mol. The van der Waals surface area contributed by atoms with E-state index in [9.17, 15) is 0 Å². The largest absolute Gasteiger partial charge is 0.327 e. The Labute approximate surface area is 63.0 Å². The van der Waals surface area contributed by atoms with Crippen molar-refractivity contribution in [3.05, 3.63) is 0 Å². The van der Waals surface area contributed by atoms with Gasteiger partial charge in [-0.15, -0.1) is 0 Å². The van der Waals surface area contributed by atoms with Crippen molar-refractivity contribution in [3.8, 4) is 0 Å². The molecule has 0 heterocycles. The molecule has 2 fully saturated rings. The van der Waals surface area contributed by atoms with E-state index in [-0.39, 0.29) is 0 Å². The van der Waals surface area contributed by atoms with Gasteiger partial charge in [0.2, 0.25) is 0 Å². The maximum atomic E-state index is 5.84. The van der Waals surface area contributed by atoms with E-state index < -0.39 is 0 Å². The van der Waals surface area contributed by atoms with Crippen molar-refractivity contribution < 1.29 is 0 Å². The molecule has 0 aromatic rings. The average molecular weight is 139 g/mol. The van der Waals surface area contributed by atoms with Crippen molar-refractivity contribution in [1.82, 2.24) is 0 Å². The number of rotatable bonds is 2. The first kappa shape index (κ1) is 6.66. The first-order valence-electron chi connectivity index (χ1n) is 4.54. The molecular weight excluding hydrogens is 122 g/mol. The summed E-state index contributed by atoms with van der Waals surface area (Å²) in [5, 5.41) is 0. The molecule has 2 N–H and O–H groups in total. The van der Waals surface area contributed by atoms with E-state index in [1.807, 2.05) is 0 Å². The fourth-order valence-corrected chi connectivity index (χ4v) is 2.54. The topological polar surface area (TPSA) is 26.0 Å². The average Bonchev–Trinajstić information content (AvgIpc) is 2.46. The zero-order valence-corrected chi connectivity index (χ0v) is 6.77. The molecule has 2 rings (SSSR count). The second-order valence-electron chi connectivity index (χ2n) is 4.08. The highest BCUT2D eigenvalue weighted by Gasteiger charge is 2.52. The van der Waals surface area contributed by atoms with E-state index in [0.29, 0.717) is 6.04 Å². The highest BCUT2D eigenvalue weighted by atomic mass is 14.8. The molecule has 0 radical (unpaired) electrons. The van der Waals surface area contributed by atoms with Crippen molar-refractivity contribution in [2.24, 2.45) is 17.1 Å². The molecule has 0 bridgehead atoms. The van der Waals surface area contributed by atoms with Crippen LogP contribution in [-0.2, 0) is 0 Å². The smallest absolute Gasteiger partial charge is 0.00764 e. The van der Waals surface area contributed by atoms with Gasteiger partial charge in [0.25, 0.3) is 0 Å². The van der Waals surface area contributed by atoms with E-state index >= 15 is 0 Å². The van der Waals surface area contributed by atoms with Gasteiger partial charge in [-0.1, -0.05) is 19.8 Å². The fourth-order valence-electron chi connectivity index (χ4n) is 2.54. The van der Waals surface area contributed by atoms with Crippen LogP contribution in [0.25, 0.3) is 0 Å². The van der Waals surface area contributed by atoms with Gasteiger partial charge in [-0.25, -0.2) is 0 Å². The van der Waals surface area contributed by atoms with Gasteiger partial charge in [-0.3, -0.25) is 0 Å². The molecule has 10 heavy (non-hydrogen) atoms. The highest BCUT2D eigenvalue weighted by molar-refractivity contribution is 5.05. The van der Waals surface area contributed by atoms with Crippen LogP contribution in [0.3, 0.4) is 0 Å². The SMILES string of the molecule is CCC1([C@@H]2C[C@H]2N)CCC1. The third-order valence-electron chi connectivity index (χ3n) is 3.68. The van der Waals surface area contributed by atoms with Gasteiger partial charge in [-0.2, -0.15) is 0 Å². The quantitative estimate of drug-likeness (QED) is 0.621. The summed E-state index contributed by atoms with van der Waals surface area (Å²) in [5.41, 5.74) is 6.56. The van der Waals surface area contributed by atoms with Crippen LogP contribution < -0.4 is 5.73 Å². The van der Waals surface area contributed by atoms with Crippen molar-refractivity contribution in [2.45, 2.75) is 45.1 Å². The first-order valence-corrected chi connectivity index (χ1v) is 4.54.